The molecule has 0 atom stereocenters. The lowest BCUT2D eigenvalue weighted by molar-refractivity contribution is 0.323. The van der Waals surface area contributed by atoms with Crippen molar-refractivity contribution < 1.29 is 0 Å². The third-order valence-corrected chi connectivity index (χ3v) is 7.07. The number of hydrogen-bond donors (Lipinski definition) is 0. The molecule has 4 heterocycles. The first-order chi connectivity index (χ1) is 12.5. The first-order valence-corrected chi connectivity index (χ1v) is 10.8. The Balaban J connectivity index is 1.71. The van der Waals surface area contributed by atoms with Crippen molar-refractivity contribution in [3.63, 3.8) is 0 Å². The number of anilines is 1. The molecule has 0 N–H and O–H groups in total. The molecule has 138 valence electrons. The highest BCUT2D eigenvalue weighted by atomic mass is 32.1. The Labute approximate surface area is 162 Å². The van der Waals surface area contributed by atoms with E-state index in [2.05, 4.69) is 41.1 Å². The van der Waals surface area contributed by atoms with Gasteiger partial charge in [-0.1, -0.05) is 0 Å². The topological polar surface area (TPSA) is 45.2 Å². The van der Waals surface area contributed by atoms with Crippen molar-refractivity contribution >= 4 is 38.7 Å². The van der Waals surface area contributed by atoms with E-state index in [1.165, 1.54) is 28.7 Å². The predicted molar refractivity (Wildman–Crippen MR) is 110 cm³/mol. The van der Waals surface area contributed by atoms with E-state index < -0.39 is 0 Å². The normalized spacial score (nSPS) is 15.2. The monoisotopic (exact) mass is 387 g/mol. The number of thiophene rings is 1. The zero-order valence-corrected chi connectivity index (χ0v) is 17.5. The average molecular weight is 388 g/mol. The van der Waals surface area contributed by atoms with Crippen molar-refractivity contribution in [2.75, 3.05) is 25.0 Å². The standard InChI is InChI=1S/C19H25N5S2/c1-12-11-25-16(20-12)10-23(4)18-17-13(2)14(3)26-19(17)22-15(21-18)9-24-7-5-6-8-24/h11H,5-10H2,1-4H3. The van der Waals surface area contributed by atoms with Crippen LogP contribution in [0.15, 0.2) is 5.38 Å². The van der Waals surface area contributed by atoms with Gasteiger partial charge in [0.25, 0.3) is 0 Å². The average Bonchev–Trinajstić information content (AvgIpc) is 3.31. The number of hydrogen-bond acceptors (Lipinski definition) is 7. The van der Waals surface area contributed by atoms with Crippen molar-refractivity contribution in [2.45, 2.75) is 46.7 Å². The van der Waals surface area contributed by atoms with Crippen LogP contribution in [0.5, 0.6) is 0 Å². The van der Waals surface area contributed by atoms with E-state index in [4.69, 9.17) is 9.97 Å². The Morgan fingerprint density at radius 2 is 1.88 bits per heavy atom. The molecule has 1 fully saturated rings. The van der Waals surface area contributed by atoms with E-state index in [1.807, 2.05) is 6.92 Å². The maximum Gasteiger partial charge on any atom is 0.146 e. The fourth-order valence-corrected chi connectivity index (χ4v) is 5.38. The summed E-state index contributed by atoms with van der Waals surface area (Å²) in [5.74, 6) is 1.98. The third kappa shape index (κ3) is 3.48. The molecular weight excluding hydrogens is 362 g/mol. The Bertz CT molecular complexity index is 924. The van der Waals surface area contributed by atoms with Crippen LogP contribution in [0.1, 0.15) is 39.8 Å². The summed E-state index contributed by atoms with van der Waals surface area (Å²) in [5, 5.41) is 4.44. The fraction of sp³-hybridized carbons (Fsp3) is 0.526. The second kappa shape index (κ2) is 7.21. The maximum atomic E-state index is 5.00. The van der Waals surface area contributed by atoms with Crippen LogP contribution >= 0.6 is 22.7 Å². The summed E-state index contributed by atoms with van der Waals surface area (Å²) in [7, 11) is 2.12. The van der Waals surface area contributed by atoms with Crippen LogP contribution in [0.3, 0.4) is 0 Å². The van der Waals surface area contributed by atoms with Gasteiger partial charge in [-0.05, 0) is 52.3 Å². The summed E-state index contributed by atoms with van der Waals surface area (Å²) in [5.41, 5.74) is 2.39. The van der Waals surface area contributed by atoms with Crippen LogP contribution < -0.4 is 4.90 Å². The molecule has 1 aliphatic rings. The van der Waals surface area contributed by atoms with Gasteiger partial charge in [-0.15, -0.1) is 22.7 Å². The van der Waals surface area contributed by atoms with E-state index in [0.29, 0.717) is 0 Å². The molecule has 0 aromatic carbocycles. The zero-order chi connectivity index (χ0) is 18.3. The highest BCUT2D eigenvalue weighted by molar-refractivity contribution is 7.18. The molecular formula is C19H25N5S2. The SMILES string of the molecule is Cc1csc(CN(C)c2nc(CN3CCCC3)nc3sc(C)c(C)c23)n1. The van der Waals surface area contributed by atoms with E-state index in [0.717, 1.165) is 53.4 Å². The minimum atomic E-state index is 0.780. The van der Waals surface area contributed by atoms with Crippen LogP contribution in [0.2, 0.25) is 0 Å². The molecule has 0 spiro atoms. The summed E-state index contributed by atoms with van der Waals surface area (Å²) in [4.78, 5) is 21.6. The second-order valence-electron chi connectivity index (χ2n) is 7.15. The Hall–Kier alpha value is -1.57. The highest BCUT2D eigenvalue weighted by Gasteiger charge is 2.20. The minimum Gasteiger partial charge on any atom is -0.352 e. The number of aromatic nitrogens is 3. The lowest BCUT2D eigenvalue weighted by Crippen LogP contribution is -2.22. The zero-order valence-electron chi connectivity index (χ0n) is 15.9. The first-order valence-electron chi connectivity index (χ1n) is 9.12. The van der Waals surface area contributed by atoms with Gasteiger partial charge >= 0.3 is 0 Å². The van der Waals surface area contributed by atoms with Crippen LogP contribution in [-0.2, 0) is 13.1 Å². The minimum absolute atomic E-state index is 0.780. The molecule has 4 rings (SSSR count). The molecule has 0 aliphatic carbocycles. The highest BCUT2D eigenvalue weighted by Crippen LogP contribution is 2.35. The van der Waals surface area contributed by atoms with Crippen molar-refractivity contribution in [1.29, 1.82) is 0 Å². The van der Waals surface area contributed by atoms with E-state index in [1.54, 1.807) is 22.7 Å². The number of thiazole rings is 1. The van der Waals surface area contributed by atoms with Gasteiger partial charge in [0, 0.05) is 23.0 Å². The smallest absolute Gasteiger partial charge is 0.146 e. The number of nitrogens with zero attached hydrogens (tertiary/aromatic N) is 5. The fourth-order valence-electron chi connectivity index (χ4n) is 3.51. The third-order valence-electron chi connectivity index (χ3n) is 5.02. The van der Waals surface area contributed by atoms with Gasteiger partial charge in [-0.2, -0.15) is 0 Å². The number of aryl methyl sites for hydroxylation is 3. The second-order valence-corrected chi connectivity index (χ2v) is 9.29. The molecule has 3 aromatic heterocycles. The van der Waals surface area contributed by atoms with Gasteiger partial charge in [0.15, 0.2) is 0 Å². The molecule has 1 saturated heterocycles. The predicted octanol–water partition coefficient (Wildman–Crippen LogP) is 4.31. The largest absolute Gasteiger partial charge is 0.352 e. The molecule has 7 heteroatoms. The van der Waals surface area contributed by atoms with Gasteiger partial charge in [0.1, 0.15) is 21.5 Å². The number of likely N-dealkylation sites (tertiary alicyclic amines) is 1. The van der Waals surface area contributed by atoms with Crippen molar-refractivity contribution in [1.82, 2.24) is 19.9 Å². The summed E-state index contributed by atoms with van der Waals surface area (Å²) in [6.07, 6.45) is 2.57. The number of rotatable bonds is 5. The Kier molecular flexibility index (Phi) is 4.94. The molecule has 3 aromatic rings. The Morgan fingerprint density at radius 1 is 1.12 bits per heavy atom. The lowest BCUT2D eigenvalue weighted by atomic mass is 10.2. The molecule has 5 nitrogen and oxygen atoms in total. The van der Waals surface area contributed by atoms with Crippen molar-refractivity contribution in [3.8, 4) is 0 Å². The van der Waals surface area contributed by atoms with E-state index in [9.17, 15) is 0 Å². The molecule has 0 unspecified atom stereocenters. The van der Waals surface area contributed by atoms with Gasteiger partial charge in [-0.3, -0.25) is 4.90 Å². The maximum absolute atomic E-state index is 5.00. The Morgan fingerprint density at radius 3 is 2.58 bits per heavy atom. The molecule has 26 heavy (non-hydrogen) atoms. The molecule has 0 bridgehead atoms. The van der Waals surface area contributed by atoms with Crippen LogP contribution in [0.4, 0.5) is 5.82 Å². The molecule has 0 saturated carbocycles. The summed E-state index contributed by atoms with van der Waals surface area (Å²) in [6.45, 7) is 10.4. The van der Waals surface area contributed by atoms with Gasteiger partial charge in [0.05, 0.1) is 18.5 Å². The quantitative estimate of drug-likeness (QED) is 0.653. The first kappa shape index (κ1) is 17.8. The van der Waals surface area contributed by atoms with Crippen molar-refractivity contribution in [3.05, 3.63) is 32.3 Å². The van der Waals surface area contributed by atoms with Crippen molar-refractivity contribution in [2.24, 2.45) is 0 Å². The van der Waals surface area contributed by atoms with Crippen LogP contribution in [0.25, 0.3) is 10.2 Å². The number of fused-ring (bicyclic) bond motifs is 1. The van der Waals surface area contributed by atoms with Gasteiger partial charge in [-0.25, -0.2) is 15.0 Å². The van der Waals surface area contributed by atoms with E-state index >= 15 is 0 Å². The van der Waals surface area contributed by atoms with Crippen LogP contribution in [0, 0.1) is 20.8 Å². The van der Waals surface area contributed by atoms with Gasteiger partial charge in [0.2, 0.25) is 0 Å². The molecule has 1 aliphatic heterocycles. The van der Waals surface area contributed by atoms with Gasteiger partial charge < -0.3 is 4.90 Å². The summed E-state index contributed by atoms with van der Waals surface area (Å²) >= 11 is 3.50. The molecule has 0 radical (unpaired) electrons. The lowest BCUT2D eigenvalue weighted by Gasteiger charge is -2.20. The van der Waals surface area contributed by atoms with E-state index in [-0.39, 0.29) is 0 Å². The summed E-state index contributed by atoms with van der Waals surface area (Å²) < 4.78 is 0. The summed E-state index contributed by atoms with van der Waals surface area (Å²) in [6, 6.07) is 0. The van der Waals surface area contributed by atoms with Crippen LogP contribution in [-0.4, -0.2) is 40.0 Å². The molecule has 0 amide bonds.